The van der Waals surface area contributed by atoms with E-state index in [1.54, 1.807) is 29.2 Å². The third-order valence-corrected chi connectivity index (χ3v) is 4.51. The van der Waals surface area contributed by atoms with Crippen LogP contribution in [0.2, 0.25) is 0 Å². The van der Waals surface area contributed by atoms with Gasteiger partial charge in [-0.05, 0) is 37.1 Å². The van der Waals surface area contributed by atoms with E-state index >= 15 is 0 Å². The van der Waals surface area contributed by atoms with E-state index in [0.29, 0.717) is 31.5 Å². The molecule has 0 radical (unpaired) electrons. The zero-order valence-electron chi connectivity index (χ0n) is 14.9. The van der Waals surface area contributed by atoms with Crippen molar-refractivity contribution in [2.45, 2.75) is 12.8 Å². The van der Waals surface area contributed by atoms with Crippen molar-refractivity contribution in [1.82, 2.24) is 15.8 Å². The lowest BCUT2D eigenvalue weighted by atomic mass is 9.96. The first-order chi connectivity index (χ1) is 13.1. The highest BCUT2D eigenvalue weighted by molar-refractivity contribution is 5.95. The summed E-state index contributed by atoms with van der Waals surface area (Å²) in [5.74, 6) is -0.534. The number of anilines is 1. The Morgan fingerprint density at radius 3 is 2.04 bits per heavy atom. The Balaban J connectivity index is 1.42. The third kappa shape index (κ3) is 5.07. The Morgan fingerprint density at radius 2 is 1.41 bits per heavy atom. The van der Waals surface area contributed by atoms with Crippen LogP contribution in [-0.4, -0.2) is 35.8 Å². The lowest BCUT2D eigenvalue weighted by Gasteiger charge is -2.31. The molecule has 7 nitrogen and oxygen atoms in total. The van der Waals surface area contributed by atoms with Gasteiger partial charge in [0.2, 0.25) is 5.91 Å². The van der Waals surface area contributed by atoms with E-state index in [2.05, 4.69) is 16.2 Å². The zero-order valence-corrected chi connectivity index (χ0v) is 14.9. The van der Waals surface area contributed by atoms with Gasteiger partial charge in [-0.2, -0.15) is 0 Å². The second kappa shape index (κ2) is 8.84. The number of carbonyl (C=O) groups is 3. The summed E-state index contributed by atoms with van der Waals surface area (Å²) in [6, 6.07) is 17.6. The SMILES string of the molecule is O=C(NNC(=O)N1CCC(C(=O)Nc2ccccc2)CC1)c1ccccc1. The molecule has 3 N–H and O–H groups in total. The van der Waals surface area contributed by atoms with Crippen molar-refractivity contribution in [3.05, 3.63) is 66.2 Å². The maximum atomic E-state index is 12.3. The highest BCUT2D eigenvalue weighted by Gasteiger charge is 2.27. The Hall–Kier alpha value is -3.35. The molecule has 2 aromatic carbocycles. The molecule has 0 spiro atoms. The van der Waals surface area contributed by atoms with Gasteiger partial charge in [0.05, 0.1) is 0 Å². The number of urea groups is 1. The fraction of sp³-hybridized carbons (Fsp3) is 0.250. The summed E-state index contributed by atoms with van der Waals surface area (Å²) in [7, 11) is 0. The van der Waals surface area contributed by atoms with Crippen molar-refractivity contribution in [1.29, 1.82) is 0 Å². The molecule has 0 aromatic heterocycles. The van der Waals surface area contributed by atoms with Crippen LogP contribution >= 0.6 is 0 Å². The van der Waals surface area contributed by atoms with Crippen LogP contribution in [0.4, 0.5) is 10.5 Å². The lowest BCUT2D eigenvalue weighted by Crippen LogP contribution is -2.51. The van der Waals surface area contributed by atoms with E-state index in [9.17, 15) is 14.4 Å². The molecule has 1 aliphatic rings. The molecule has 2 aromatic rings. The summed E-state index contributed by atoms with van der Waals surface area (Å²) in [5, 5.41) is 2.90. The average molecular weight is 366 g/mol. The summed E-state index contributed by atoms with van der Waals surface area (Å²) in [6.07, 6.45) is 1.16. The van der Waals surface area contributed by atoms with Gasteiger partial charge < -0.3 is 10.2 Å². The van der Waals surface area contributed by atoms with Crippen molar-refractivity contribution in [3.63, 3.8) is 0 Å². The Bertz CT molecular complexity index is 787. The van der Waals surface area contributed by atoms with Crippen LogP contribution in [0.15, 0.2) is 60.7 Å². The number of para-hydroxylation sites is 1. The van der Waals surface area contributed by atoms with Gasteiger partial charge in [-0.1, -0.05) is 36.4 Å². The van der Waals surface area contributed by atoms with Gasteiger partial charge in [-0.15, -0.1) is 0 Å². The van der Waals surface area contributed by atoms with Gasteiger partial charge in [0.1, 0.15) is 0 Å². The number of hydrogen-bond donors (Lipinski definition) is 3. The highest BCUT2D eigenvalue weighted by Crippen LogP contribution is 2.19. The molecule has 3 rings (SSSR count). The van der Waals surface area contributed by atoms with Crippen LogP contribution in [0.25, 0.3) is 0 Å². The number of nitrogens with one attached hydrogen (secondary N) is 3. The van der Waals surface area contributed by atoms with E-state index in [4.69, 9.17) is 0 Å². The monoisotopic (exact) mass is 366 g/mol. The number of hydrazine groups is 1. The zero-order chi connectivity index (χ0) is 19.1. The minimum atomic E-state index is -0.374. The largest absolute Gasteiger partial charge is 0.336 e. The van der Waals surface area contributed by atoms with Crippen LogP contribution in [0, 0.1) is 5.92 Å². The fourth-order valence-electron chi connectivity index (χ4n) is 2.96. The van der Waals surface area contributed by atoms with Gasteiger partial charge in [-0.25, -0.2) is 10.2 Å². The molecule has 140 valence electrons. The molecule has 1 aliphatic heterocycles. The van der Waals surface area contributed by atoms with Crippen molar-refractivity contribution in [3.8, 4) is 0 Å². The normalized spacial score (nSPS) is 14.3. The molecule has 0 bridgehead atoms. The number of rotatable bonds is 3. The van der Waals surface area contributed by atoms with Crippen LogP contribution in [0.5, 0.6) is 0 Å². The summed E-state index contributed by atoms with van der Waals surface area (Å²) < 4.78 is 0. The number of nitrogens with zero attached hydrogens (tertiary/aromatic N) is 1. The summed E-state index contributed by atoms with van der Waals surface area (Å²) >= 11 is 0. The van der Waals surface area contributed by atoms with Crippen molar-refractivity contribution >= 4 is 23.5 Å². The first kappa shape index (κ1) is 18.4. The maximum Gasteiger partial charge on any atom is 0.336 e. The topological polar surface area (TPSA) is 90.5 Å². The molecule has 1 heterocycles. The second-order valence-corrected chi connectivity index (χ2v) is 6.37. The first-order valence-corrected chi connectivity index (χ1v) is 8.89. The molecule has 1 fully saturated rings. The van der Waals surface area contributed by atoms with Crippen molar-refractivity contribution in [2.24, 2.45) is 5.92 Å². The second-order valence-electron chi connectivity index (χ2n) is 6.37. The summed E-state index contributed by atoms with van der Waals surface area (Å²) in [5.41, 5.74) is 6.06. The van der Waals surface area contributed by atoms with E-state index < -0.39 is 0 Å². The van der Waals surface area contributed by atoms with Gasteiger partial charge >= 0.3 is 6.03 Å². The fourth-order valence-corrected chi connectivity index (χ4v) is 2.96. The van der Waals surface area contributed by atoms with Crippen molar-refractivity contribution in [2.75, 3.05) is 18.4 Å². The molecule has 0 saturated carbocycles. The lowest BCUT2D eigenvalue weighted by molar-refractivity contribution is -0.121. The number of piperidine rings is 1. The summed E-state index contributed by atoms with van der Waals surface area (Å²) in [4.78, 5) is 38.1. The van der Waals surface area contributed by atoms with Gasteiger partial charge in [0, 0.05) is 30.3 Å². The number of benzene rings is 2. The van der Waals surface area contributed by atoms with Crippen LogP contribution in [-0.2, 0) is 4.79 Å². The number of likely N-dealkylation sites (tertiary alicyclic amines) is 1. The average Bonchev–Trinajstić information content (AvgIpc) is 2.73. The predicted molar refractivity (Wildman–Crippen MR) is 102 cm³/mol. The quantitative estimate of drug-likeness (QED) is 0.729. The third-order valence-electron chi connectivity index (χ3n) is 4.51. The highest BCUT2D eigenvalue weighted by atomic mass is 16.2. The number of amides is 4. The minimum absolute atomic E-state index is 0.0290. The van der Waals surface area contributed by atoms with Gasteiger partial charge in [0.15, 0.2) is 0 Å². The molecule has 1 saturated heterocycles. The smallest absolute Gasteiger partial charge is 0.326 e. The molecule has 27 heavy (non-hydrogen) atoms. The summed E-state index contributed by atoms with van der Waals surface area (Å²) in [6.45, 7) is 0.917. The van der Waals surface area contributed by atoms with Gasteiger partial charge in [-0.3, -0.25) is 15.0 Å². The van der Waals surface area contributed by atoms with Gasteiger partial charge in [0.25, 0.3) is 5.91 Å². The first-order valence-electron chi connectivity index (χ1n) is 8.89. The van der Waals surface area contributed by atoms with Crippen molar-refractivity contribution < 1.29 is 14.4 Å². The Morgan fingerprint density at radius 1 is 0.815 bits per heavy atom. The molecular formula is C20H22N4O3. The molecule has 4 amide bonds. The standard InChI is InChI=1S/C20H22N4O3/c25-18(21-17-9-5-2-6-10-17)16-11-13-24(14-12-16)20(27)23-22-19(26)15-7-3-1-4-8-15/h1-10,16H,11-14H2,(H,21,25)(H,22,26)(H,23,27). The molecule has 0 atom stereocenters. The van der Waals surface area contributed by atoms with E-state index in [1.165, 1.54) is 0 Å². The minimum Gasteiger partial charge on any atom is -0.326 e. The van der Waals surface area contributed by atoms with E-state index in [-0.39, 0.29) is 23.8 Å². The van der Waals surface area contributed by atoms with Crippen LogP contribution < -0.4 is 16.2 Å². The van der Waals surface area contributed by atoms with Crippen LogP contribution in [0.1, 0.15) is 23.2 Å². The van der Waals surface area contributed by atoms with E-state index in [1.807, 2.05) is 36.4 Å². The Labute approximate surface area is 157 Å². The number of hydrogen-bond acceptors (Lipinski definition) is 3. The maximum absolute atomic E-state index is 12.3. The molecule has 7 heteroatoms. The predicted octanol–water partition coefficient (Wildman–Crippen LogP) is 2.39. The molecular weight excluding hydrogens is 344 g/mol. The molecule has 0 aliphatic carbocycles. The molecule has 0 unspecified atom stereocenters. The number of carbonyl (C=O) groups excluding carboxylic acids is 3. The Kier molecular flexibility index (Phi) is 6.04. The van der Waals surface area contributed by atoms with E-state index in [0.717, 1.165) is 5.69 Å². The van der Waals surface area contributed by atoms with Crippen LogP contribution in [0.3, 0.4) is 0 Å².